The van der Waals surface area contributed by atoms with Crippen molar-refractivity contribution >= 4 is 23.1 Å². The predicted molar refractivity (Wildman–Crippen MR) is 84.7 cm³/mol. The lowest BCUT2D eigenvalue weighted by Gasteiger charge is -2.26. The summed E-state index contributed by atoms with van der Waals surface area (Å²) in [5.74, 6) is 0.111. The Morgan fingerprint density at radius 2 is 2.25 bits per heavy atom. The van der Waals surface area contributed by atoms with Gasteiger partial charge in [0, 0.05) is 11.5 Å². The normalized spacial score (nSPS) is 29.7. The Bertz CT molecular complexity index is 962. The summed E-state index contributed by atoms with van der Waals surface area (Å²) in [7, 11) is 0. The highest BCUT2D eigenvalue weighted by Crippen LogP contribution is 2.45. The van der Waals surface area contributed by atoms with Gasteiger partial charge in [-0.25, -0.2) is 4.99 Å². The Labute approximate surface area is 135 Å². The largest absolute Gasteiger partial charge is 0.512 e. The summed E-state index contributed by atoms with van der Waals surface area (Å²) in [6.45, 7) is 1.41. The molecule has 9 nitrogen and oxygen atoms in total. The molecule has 2 aromatic rings. The van der Waals surface area contributed by atoms with Crippen LogP contribution < -0.4 is 11.0 Å². The second-order valence-electron chi connectivity index (χ2n) is 5.86. The molecular formula is C15H14N4O5. The van der Waals surface area contributed by atoms with Crippen LogP contribution in [0.15, 0.2) is 40.0 Å². The minimum atomic E-state index is -1.67. The van der Waals surface area contributed by atoms with Gasteiger partial charge in [-0.15, -0.1) is 0 Å². The van der Waals surface area contributed by atoms with Crippen molar-refractivity contribution in [2.75, 3.05) is 5.43 Å². The predicted octanol–water partition coefficient (Wildman–Crippen LogP) is 0.196. The molecule has 0 bridgehead atoms. The molecule has 1 unspecified atom stereocenters. The van der Waals surface area contributed by atoms with Crippen molar-refractivity contribution in [2.45, 2.75) is 24.7 Å². The van der Waals surface area contributed by atoms with Gasteiger partial charge in [0.25, 0.3) is 5.56 Å². The van der Waals surface area contributed by atoms with Gasteiger partial charge in [-0.2, -0.15) is 4.98 Å². The summed E-state index contributed by atoms with van der Waals surface area (Å²) in [6.07, 6.45) is -0.343. The molecule has 124 valence electrons. The quantitative estimate of drug-likeness (QED) is 0.549. The van der Waals surface area contributed by atoms with Crippen molar-refractivity contribution in [1.29, 1.82) is 0 Å². The maximum atomic E-state index is 11.6. The number of hydrogen-bond acceptors (Lipinski definition) is 8. The zero-order chi connectivity index (χ0) is 17.1. The molecule has 2 aliphatic heterocycles. The second kappa shape index (κ2) is 4.79. The number of aromatic nitrogens is 2. The first-order valence-electron chi connectivity index (χ1n) is 7.20. The van der Waals surface area contributed by atoms with Crippen LogP contribution in [0.1, 0.15) is 18.7 Å². The molecule has 2 aliphatic rings. The summed E-state index contributed by atoms with van der Waals surface area (Å²) < 4.78 is 7.11. The van der Waals surface area contributed by atoms with Crippen LogP contribution in [0.5, 0.6) is 0 Å². The van der Waals surface area contributed by atoms with Crippen LogP contribution >= 0.6 is 0 Å². The number of hydrogen-bond donors (Lipinski definition) is 4. The zero-order valence-electron chi connectivity index (χ0n) is 12.5. The van der Waals surface area contributed by atoms with Gasteiger partial charge in [-0.05, 0) is 19.1 Å². The van der Waals surface area contributed by atoms with Crippen LogP contribution in [0.25, 0.3) is 10.9 Å². The summed E-state index contributed by atoms with van der Waals surface area (Å²) in [6, 6.07) is 4.62. The van der Waals surface area contributed by atoms with E-state index >= 15 is 0 Å². The van der Waals surface area contributed by atoms with Crippen molar-refractivity contribution in [3.05, 3.63) is 46.3 Å². The molecule has 24 heavy (non-hydrogen) atoms. The first kappa shape index (κ1) is 14.7. The number of aliphatic hydroxyl groups excluding tert-OH is 2. The van der Waals surface area contributed by atoms with Crippen molar-refractivity contribution in [2.24, 2.45) is 4.99 Å². The van der Waals surface area contributed by atoms with E-state index in [1.807, 2.05) is 0 Å². The van der Waals surface area contributed by atoms with Crippen molar-refractivity contribution in [1.82, 2.24) is 9.66 Å². The van der Waals surface area contributed by atoms with Crippen LogP contribution in [0, 0.1) is 0 Å². The van der Waals surface area contributed by atoms with Crippen LogP contribution in [0.2, 0.25) is 0 Å². The molecule has 0 aromatic carbocycles. The van der Waals surface area contributed by atoms with Crippen molar-refractivity contribution < 1.29 is 20.1 Å². The fourth-order valence-corrected chi connectivity index (χ4v) is 3.04. The summed E-state index contributed by atoms with van der Waals surface area (Å²) >= 11 is 0. The monoisotopic (exact) mass is 330 g/mol. The summed E-state index contributed by atoms with van der Waals surface area (Å²) in [5.41, 5.74) is 1.84. The second-order valence-corrected chi connectivity index (χ2v) is 5.86. The smallest absolute Gasteiger partial charge is 0.271 e. The third-order valence-corrected chi connectivity index (χ3v) is 4.27. The van der Waals surface area contributed by atoms with E-state index in [-0.39, 0.29) is 11.6 Å². The highest BCUT2D eigenvalue weighted by atomic mass is 16.5. The SMILES string of the molecule is C[C@]1(O)C(c2cc3ccc(=O)nc4c3n2NC=N4)O/C(=C/O)[C@H]1O. The minimum absolute atomic E-state index is 0.127. The summed E-state index contributed by atoms with van der Waals surface area (Å²) in [5, 5.41) is 30.6. The van der Waals surface area contributed by atoms with E-state index in [2.05, 4.69) is 15.4 Å². The van der Waals surface area contributed by atoms with E-state index < -0.39 is 23.4 Å². The van der Waals surface area contributed by atoms with E-state index in [0.717, 1.165) is 0 Å². The third-order valence-electron chi connectivity index (χ3n) is 4.27. The van der Waals surface area contributed by atoms with Crippen LogP contribution in [0.4, 0.5) is 5.82 Å². The number of aliphatic imine (C=N–C) groups is 1. The molecule has 0 amide bonds. The van der Waals surface area contributed by atoms with Crippen LogP contribution in [-0.2, 0) is 4.74 Å². The van der Waals surface area contributed by atoms with Crippen molar-refractivity contribution in [3.8, 4) is 0 Å². The fourth-order valence-electron chi connectivity index (χ4n) is 3.04. The van der Waals surface area contributed by atoms with E-state index in [9.17, 15) is 20.1 Å². The molecule has 2 aromatic heterocycles. The first-order chi connectivity index (χ1) is 11.4. The average molecular weight is 330 g/mol. The topological polar surface area (TPSA) is 129 Å². The molecule has 0 spiro atoms. The van der Waals surface area contributed by atoms with Gasteiger partial charge < -0.3 is 20.1 Å². The first-order valence-corrected chi connectivity index (χ1v) is 7.20. The van der Waals surface area contributed by atoms with E-state index in [4.69, 9.17) is 4.74 Å². The van der Waals surface area contributed by atoms with Gasteiger partial charge in [-0.3, -0.25) is 14.9 Å². The lowest BCUT2D eigenvalue weighted by Crippen LogP contribution is -2.40. The molecule has 4 rings (SSSR count). The molecule has 4 heterocycles. The Hall–Kier alpha value is -2.91. The van der Waals surface area contributed by atoms with Gasteiger partial charge in [0.15, 0.2) is 17.7 Å². The number of aliphatic hydroxyl groups is 3. The van der Waals surface area contributed by atoms with Gasteiger partial charge in [0.2, 0.25) is 0 Å². The Balaban J connectivity index is 1.97. The van der Waals surface area contributed by atoms with Gasteiger partial charge in [-0.1, -0.05) is 0 Å². The van der Waals surface area contributed by atoms with Gasteiger partial charge >= 0.3 is 0 Å². The lowest BCUT2D eigenvalue weighted by atomic mass is 9.92. The highest BCUT2D eigenvalue weighted by molar-refractivity contribution is 5.93. The number of rotatable bonds is 1. The zero-order valence-corrected chi connectivity index (χ0v) is 12.5. The Kier molecular flexibility index (Phi) is 2.93. The molecule has 1 fully saturated rings. The molecule has 0 radical (unpaired) electrons. The highest BCUT2D eigenvalue weighted by Gasteiger charge is 2.52. The molecule has 4 N–H and O–H groups in total. The average Bonchev–Trinajstić information content (AvgIpc) is 2.95. The minimum Gasteiger partial charge on any atom is -0.512 e. The number of nitrogens with one attached hydrogen (secondary N) is 1. The Morgan fingerprint density at radius 1 is 1.46 bits per heavy atom. The number of nitrogens with zero attached hydrogens (tertiary/aromatic N) is 3. The lowest BCUT2D eigenvalue weighted by molar-refractivity contribution is -0.0665. The van der Waals surface area contributed by atoms with E-state index in [0.29, 0.717) is 22.9 Å². The summed E-state index contributed by atoms with van der Waals surface area (Å²) in [4.78, 5) is 19.6. The maximum absolute atomic E-state index is 11.6. The molecule has 0 aliphatic carbocycles. The fraction of sp³-hybridized carbons (Fsp3) is 0.267. The van der Waals surface area contributed by atoms with Gasteiger partial charge in [0.1, 0.15) is 29.8 Å². The van der Waals surface area contributed by atoms with Crippen molar-refractivity contribution in [3.63, 3.8) is 0 Å². The molecule has 1 saturated heterocycles. The van der Waals surface area contributed by atoms with Crippen LogP contribution in [0.3, 0.4) is 0 Å². The third kappa shape index (κ3) is 1.85. The molecule has 0 saturated carbocycles. The van der Waals surface area contributed by atoms with E-state index in [1.165, 1.54) is 19.3 Å². The standard InChI is InChI=1S/C15H14N4O5/c1-15(23)12(22)9(5-20)24-13(15)8-4-7-2-3-10(21)18-14-11(7)19(8)17-6-16-14/h2-6,12-13,20,22-23H,1H3,(H,16,17,18,21)/b9-5+/t12-,13?,15-/m1/s1. The van der Waals surface area contributed by atoms with E-state index in [1.54, 1.807) is 16.8 Å². The van der Waals surface area contributed by atoms with Gasteiger partial charge in [0.05, 0.1) is 5.69 Å². The number of ether oxygens (including phenoxy) is 1. The molecular weight excluding hydrogens is 316 g/mol. The van der Waals surface area contributed by atoms with Crippen LogP contribution in [-0.4, -0.2) is 43.0 Å². The molecule has 9 heteroatoms. The molecule has 3 atom stereocenters. The maximum Gasteiger partial charge on any atom is 0.271 e. The Morgan fingerprint density at radius 3 is 2.96 bits per heavy atom.